The van der Waals surface area contributed by atoms with Gasteiger partial charge in [0.15, 0.2) is 11.5 Å². The number of esters is 1. The van der Waals surface area contributed by atoms with Crippen molar-refractivity contribution in [2.24, 2.45) is 5.92 Å². The molecule has 0 N–H and O–H groups in total. The summed E-state index contributed by atoms with van der Waals surface area (Å²) in [6, 6.07) is 3.72. The fraction of sp³-hybridized carbons (Fsp3) is 0.533. The van der Waals surface area contributed by atoms with E-state index in [9.17, 15) is 4.79 Å². The van der Waals surface area contributed by atoms with Crippen LogP contribution in [0.2, 0.25) is 0 Å². The van der Waals surface area contributed by atoms with Crippen LogP contribution in [0.1, 0.15) is 32.3 Å². The van der Waals surface area contributed by atoms with Crippen molar-refractivity contribution in [2.75, 3.05) is 13.2 Å². The van der Waals surface area contributed by atoms with Gasteiger partial charge in [-0.15, -0.1) is 0 Å². The summed E-state index contributed by atoms with van der Waals surface area (Å²) in [7, 11) is 0. The fourth-order valence-corrected chi connectivity index (χ4v) is 2.54. The lowest BCUT2D eigenvalue weighted by Gasteiger charge is -2.20. The molecule has 0 atom stereocenters. The van der Waals surface area contributed by atoms with E-state index < -0.39 is 0 Å². The first-order chi connectivity index (χ1) is 9.65. The predicted molar refractivity (Wildman–Crippen MR) is 79.0 cm³/mol. The minimum atomic E-state index is -0.142. The maximum atomic E-state index is 11.9. The van der Waals surface area contributed by atoms with Crippen molar-refractivity contribution in [3.63, 3.8) is 0 Å². The molecule has 2 rings (SSSR count). The van der Waals surface area contributed by atoms with Crippen LogP contribution in [0.25, 0.3) is 0 Å². The van der Waals surface area contributed by atoms with Crippen LogP contribution in [0.5, 0.6) is 11.5 Å². The van der Waals surface area contributed by atoms with Gasteiger partial charge in [-0.25, -0.2) is 0 Å². The van der Waals surface area contributed by atoms with E-state index in [1.807, 2.05) is 26.0 Å². The molecule has 0 radical (unpaired) electrons. The van der Waals surface area contributed by atoms with Gasteiger partial charge in [-0.2, -0.15) is 0 Å². The van der Waals surface area contributed by atoms with Gasteiger partial charge in [0.25, 0.3) is 0 Å². The highest BCUT2D eigenvalue weighted by Gasteiger charge is 2.18. The van der Waals surface area contributed by atoms with Gasteiger partial charge in [-0.3, -0.25) is 4.79 Å². The van der Waals surface area contributed by atoms with Gasteiger partial charge in [-0.05, 0) is 25.0 Å². The third kappa shape index (κ3) is 3.45. The third-order valence-electron chi connectivity index (χ3n) is 3.40. The second-order valence-electron chi connectivity index (χ2n) is 4.71. The van der Waals surface area contributed by atoms with Gasteiger partial charge in [0.05, 0.1) is 5.92 Å². The first-order valence-corrected chi connectivity index (χ1v) is 7.69. The second-order valence-corrected chi connectivity index (χ2v) is 5.56. The number of carbonyl (C=O) groups excluding carboxylic acids is 1. The number of carbonyl (C=O) groups is 1. The zero-order chi connectivity index (χ0) is 14.5. The lowest BCUT2D eigenvalue weighted by atomic mass is 10.0. The Bertz CT molecular complexity index is 483. The standard InChI is InChI=1S/C15H19BrO4/c1-3-10(4-2)15(17)20-9-11-7-13-14(8-12(11)16)19-6-5-18-13/h7-8,10H,3-6,9H2,1-2H3. The van der Waals surface area contributed by atoms with E-state index >= 15 is 0 Å². The van der Waals surface area contributed by atoms with Crippen LogP contribution in [0, 0.1) is 5.92 Å². The highest BCUT2D eigenvalue weighted by atomic mass is 79.9. The molecular weight excluding hydrogens is 324 g/mol. The Balaban J connectivity index is 2.04. The van der Waals surface area contributed by atoms with Gasteiger partial charge in [0.2, 0.25) is 0 Å². The van der Waals surface area contributed by atoms with Crippen LogP contribution in [-0.4, -0.2) is 19.2 Å². The van der Waals surface area contributed by atoms with E-state index in [1.54, 1.807) is 0 Å². The Kier molecular flexibility index (Phi) is 5.29. The molecular formula is C15H19BrO4. The number of hydrogen-bond donors (Lipinski definition) is 0. The average molecular weight is 343 g/mol. The quantitative estimate of drug-likeness (QED) is 0.765. The summed E-state index contributed by atoms with van der Waals surface area (Å²) in [5, 5.41) is 0. The van der Waals surface area contributed by atoms with Gasteiger partial charge < -0.3 is 14.2 Å². The Morgan fingerprint density at radius 3 is 2.45 bits per heavy atom. The van der Waals surface area contributed by atoms with Gasteiger partial charge in [-0.1, -0.05) is 29.8 Å². The zero-order valence-electron chi connectivity index (χ0n) is 11.8. The summed E-state index contributed by atoms with van der Waals surface area (Å²) in [4.78, 5) is 11.9. The van der Waals surface area contributed by atoms with E-state index in [-0.39, 0.29) is 18.5 Å². The van der Waals surface area contributed by atoms with Crippen LogP contribution in [0.15, 0.2) is 16.6 Å². The maximum Gasteiger partial charge on any atom is 0.309 e. The molecule has 4 nitrogen and oxygen atoms in total. The molecule has 1 aromatic carbocycles. The number of halogens is 1. The van der Waals surface area contributed by atoms with Crippen molar-refractivity contribution in [1.82, 2.24) is 0 Å². The molecule has 110 valence electrons. The van der Waals surface area contributed by atoms with Crippen LogP contribution in [-0.2, 0) is 16.1 Å². The number of benzene rings is 1. The first-order valence-electron chi connectivity index (χ1n) is 6.90. The lowest BCUT2D eigenvalue weighted by molar-refractivity contribution is -0.150. The summed E-state index contributed by atoms with van der Waals surface area (Å²) >= 11 is 3.47. The largest absolute Gasteiger partial charge is 0.486 e. The van der Waals surface area contributed by atoms with Gasteiger partial charge >= 0.3 is 5.97 Å². The second kappa shape index (κ2) is 6.97. The molecule has 20 heavy (non-hydrogen) atoms. The molecule has 0 aromatic heterocycles. The molecule has 0 bridgehead atoms. The van der Waals surface area contributed by atoms with E-state index in [4.69, 9.17) is 14.2 Å². The Hall–Kier alpha value is -1.23. The van der Waals surface area contributed by atoms with Crippen LogP contribution >= 0.6 is 15.9 Å². The van der Waals surface area contributed by atoms with Crippen LogP contribution in [0.3, 0.4) is 0 Å². The molecule has 5 heteroatoms. The molecule has 1 heterocycles. The van der Waals surface area contributed by atoms with E-state index in [0.29, 0.717) is 19.0 Å². The monoisotopic (exact) mass is 342 g/mol. The van der Waals surface area contributed by atoms with Crippen molar-refractivity contribution in [3.05, 3.63) is 22.2 Å². The Morgan fingerprint density at radius 2 is 1.85 bits per heavy atom. The summed E-state index contributed by atoms with van der Waals surface area (Å²) in [5.74, 6) is 1.26. The average Bonchev–Trinajstić information content (AvgIpc) is 2.46. The van der Waals surface area contributed by atoms with Crippen molar-refractivity contribution >= 4 is 21.9 Å². The summed E-state index contributed by atoms with van der Waals surface area (Å²) in [5.41, 5.74) is 0.883. The molecule has 0 fully saturated rings. The van der Waals surface area contributed by atoms with E-state index in [1.165, 1.54) is 0 Å². The minimum absolute atomic E-state index is 0.0222. The lowest BCUT2D eigenvalue weighted by Crippen LogP contribution is -2.17. The van der Waals surface area contributed by atoms with Crippen molar-refractivity contribution < 1.29 is 19.0 Å². The van der Waals surface area contributed by atoms with Crippen molar-refractivity contribution in [1.29, 1.82) is 0 Å². The van der Waals surface area contributed by atoms with Crippen molar-refractivity contribution in [2.45, 2.75) is 33.3 Å². The highest BCUT2D eigenvalue weighted by Crippen LogP contribution is 2.35. The van der Waals surface area contributed by atoms with Crippen LogP contribution < -0.4 is 9.47 Å². The Labute approximate surface area is 127 Å². The third-order valence-corrected chi connectivity index (χ3v) is 4.14. The predicted octanol–water partition coefficient (Wildman–Crippen LogP) is 3.70. The smallest absolute Gasteiger partial charge is 0.309 e. The molecule has 0 saturated heterocycles. The summed E-state index contributed by atoms with van der Waals surface area (Å²) in [6.45, 7) is 5.33. The molecule has 1 aliphatic rings. The zero-order valence-corrected chi connectivity index (χ0v) is 13.4. The number of fused-ring (bicyclic) bond motifs is 1. The van der Waals surface area contributed by atoms with Crippen LogP contribution in [0.4, 0.5) is 0 Å². The topological polar surface area (TPSA) is 44.8 Å². The number of hydrogen-bond acceptors (Lipinski definition) is 4. The summed E-state index contributed by atoms with van der Waals surface area (Å²) in [6.07, 6.45) is 1.61. The molecule has 1 aliphatic heterocycles. The Morgan fingerprint density at radius 1 is 1.25 bits per heavy atom. The normalized spacial score (nSPS) is 13.4. The number of rotatable bonds is 5. The molecule has 0 saturated carbocycles. The number of ether oxygens (including phenoxy) is 3. The molecule has 0 aliphatic carbocycles. The summed E-state index contributed by atoms with van der Waals surface area (Å²) < 4.78 is 17.3. The first kappa shape index (κ1) is 15.2. The van der Waals surface area contributed by atoms with Crippen molar-refractivity contribution in [3.8, 4) is 11.5 Å². The molecule has 0 unspecified atom stereocenters. The molecule has 1 aromatic rings. The molecule has 0 amide bonds. The van der Waals surface area contributed by atoms with Gasteiger partial charge in [0.1, 0.15) is 19.8 Å². The van der Waals surface area contributed by atoms with E-state index in [2.05, 4.69) is 15.9 Å². The fourth-order valence-electron chi connectivity index (χ4n) is 2.11. The maximum absolute atomic E-state index is 11.9. The minimum Gasteiger partial charge on any atom is -0.486 e. The van der Waals surface area contributed by atoms with E-state index in [0.717, 1.165) is 28.6 Å². The highest BCUT2D eigenvalue weighted by molar-refractivity contribution is 9.10. The SMILES string of the molecule is CCC(CC)C(=O)OCc1cc2c(cc1Br)OCCO2. The van der Waals surface area contributed by atoms with Gasteiger partial charge in [0, 0.05) is 10.0 Å². The molecule has 0 spiro atoms.